The minimum atomic E-state index is -0.769. The van der Waals surface area contributed by atoms with Crippen LogP contribution in [0.5, 0.6) is 0 Å². The Balaban J connectivity index is 5.12. The summed E-state index contributed by atoms with van der Waals surface area (Å²) in [5, 5.41) is 9.14. The summed E-state index contributed by atoms with van der Waals surface area (Å²) in [5.41, 5.74) is 0. The summed E-state index contributed by atoms with van der Waals surface area (Å²) in [6.45, 7) is 11.6. The summed E-state index contributed by atoms with van der Waals surface area (Å²) in [6, 6.07) is 0. The highest BCUT2D eigenvalue weighted by Gasteiger charge is 2.36. The van der Waals surface area contributed by atoms with Crippen molar-refractivity contribution in [3.05, 3.63) is 0 Å². The summed E-state index contributed by atoms with van der Waals surface area (Å²) in [7, 11) is -0.259. The van der Waals surface area contributed by atoms with Crippen molar-refractivity contribution < 1.29 is 9.90 Å². The molecule has 0 spiro atoms. The average molecular weight is 358 g/mol. The minimum absolute atomic E-state index is 0.0797. The Morgan fingerprint density at radius 2 is 1.70 bits per heavy atom. The van der Waals surface area contributed by atoms with E-state index in [0.29, 0.717) is 11.8 Å². The van der Waals surface area contributed by atoms with Crippen LogP contribution >= 0.6 is 30.9 Å². The van der Waals surface area contributed by atoms with E-state index in [0.717, 1.165) is 18.1 Å². The Bertz CT molecular complexity index is 302. The van der Waals surface area contributed by atoms with Crippen LogP contribution in [0.15, 0.2) is 0 Å². The molecule has 120 valence electrons. The summed E-state index contributed by atoms with van der Waals surface area (Å²) < 4.78 is -0.211. The van der Waals surface area contributed by atoms with Crippen LogP contribution in [0.25, 0.3) is 0 Å². The predicted molar refractivity (Wildman–Crippen MR) is 99.3 cm³/mol. The highest BCUT2D eigenvalue weighted by molar-refractivity contribution is 8.27. The van der Waals surface area contributed by atoms with E-state index in [1.165, 1.54) is 0 Å². The Kier molecular flexibility index (Phi) is 10.9. The lowest BCUT2D eigenvalue weighted by Gasteiger charge is -2.40. The fourth-order valence-corrected chi connectivity index (χ4v) is 7.40. The number of carboxylic acid groups (broad SMARTS) is 1. The maximum Gasteiger partial charge on any atom is 0.317 e. The van der Waals surface area contributed by atoms with E-state index < -0.39 is 5.97 Å². The first-order valence-electron chi connectivity index (χ1n) is 6.98. The summed E-state index contributed by atoms with van der Waals surface area (Å²) >= 11 is 9.20. The second kappa shape index (κ2) is 10.5. The zero-order valence-corrected chi connectivity index (χ0v) is 16.7. The molecular weight excluding hydrogens is 329 g/mol. The van der Waals surface area contributed by atoms with Crippen LogP contribution in [0.4, 0.5) is 0 Å². The minimum Gasteiger partial charge on any atom is -0.480 e. The fraction of sp³-hybridized carbons (Fsp3) is 0.923. The maximum absolute atomic E-state index is 11.1. The summed E-state index contributed by atoms with van der Waals surface area (Å²) in [4.78, 5) is 13.2. The molecule has 1 unspecified atom stereocenters. The third-order valence-corrected chi connectivity index (χ3v) is 10.6. The number of aliphatic carboxylic acids is 1. The summed E-state index contributed by atoms with van der Waals surface area (Å²) in [5.74, 6) is 2.44. The number of thioether (sulfide) groups is 2. The van der Waals surface area contributed by atoms with Gasteiger partial charge >= 0.3 is 5.97 Å². The zero-order chi connectivity index (χ0) is 15.8. The van der Waals surface area contributed by atoms with Crippen LogP contribution in [0.3, 0.4) is 0 Å². The van der Waals surface area contributed by atoms with Gasteiger partial charge in [-0.3, -0.25) is 9.69 Å². The van der Waals surface area contributed by atoms with E-state index in [4.69, 9.17) is 16.9 Å². The molecule has 0 saturated heterocycles. The van der Waals surface area contributed by atoms with Crippen LogP contribution in [-0.2, 0) is 16.6 Å². The van der Waals surface area contributed by atoms with Gasteiger partial charge in [-0.2, -0.15) is 0 Å². The first kappa shape index (κ1) is 20.8. The molecule has 0 aliphatic carbocycles. The van der Waals surface area contributed by atoms with Gasteiger partial charge in [-0.15, -0.1) is 35.3 Å². The molecule has 0 aliphatic heterocycles. The number of carboxylic acids is 1. The molecule has 0 radical (unpaired) electrons. The maximum atomic E-state index is 11.1. The van der Waals surface area contributed by atoms with E-state index >= 15 is 0 Å². The van der Waals surface area contributed by atoms with Gasteiger partial charge in [0, 0.05) is 0 Å². The Morgan fingerprint density at radius 1 is 1.25 bits per heavy atom. The first-order valence-corrected chi connectivity index (χ1v) is 11.4. The SMILES string of the molecule is CCN(CC(=O)O)C([PH2]=S)(SCC(C)C)SCC(C)C. The highest BCUT2D eigenvalue weighted by Crippen LogP contribution is 2.50. The van der Waals surface area contributed by atoms with E-state index in [2.05, 4.69) is 32.6 Å². The van der Waals surface area contributed by atoms with Gasteiger partial charge in [-0.05, 0) is 37.2 Å². The number of hydrogen-bond donors (Lipinski definition) is 1. The number of carbonyl (C=O) groups is 1. The molecule has 1 atom stereocenters. The van der Waals surface area contributed by atoms with Crippen molar-refractivity contribution in [3.63, 3.8) is 0 Å². The molecule has 0 aromatic carbocycles. The van der Waals surface area contributed by atoms with Crippen LogP contribution in [0.1, 0.15) is 34.6 Å². The van der Waals surface area contributed by atoms with Crippen molar-refractivity contribution in [3.8, 4) is 0 Å². The third kappa shape index (κ3) is 7.69. The molecule has 0 aromatic rings. The number of nitrogens with zero attached hydrogens (tertiary/aromatic N) is 1. The Hall–Kier alpha value is 0.780. The molecule has 1 N–H and O–H groups in total. The van der Waals surface area contributed by atoms with Crippen molar-refractivity contribution in [1.29, 1.82) is 0 Å². The Morgan fingerprint density at radius 3 is 1.95 bits per heavy atom. The molecule has 0 rings (SSSR count). The average Bonchev–Trinajstić information content (AvgIpc) is 2.36. The predicted octanol–water partition coefficient (Wildman–Crippen LogP) is 3.66. The number of likely N-dealkylation sites (N-methyl/N-ethyl adjacent to an activating group) is 1. The van der Waals surface area contributed by atoms with Gasteiger partial charge in [0.25, 0.3) is 0 Å². The highest BCUT2D eigenvalue weighted by atomic mass is 32.4. The van der Waals surface area contributed by atoms with Gasteiger partial charge < -0.3 is 5.11 Å². The van der Waals surface area contributed by atoms with Gasteiger partial charge in [-0.25, -0.2) is 0 Å². The molecular formula is C13H28NO2PS3. The number of rotatable bonds is 11. The van der Waals surface area contributed by atoms with E-state index in [-0.39, 0.29) is 17.8 Å². The van der Waals surface area contributed by atoms with Crippen LogP contribution in [0.2, 0.25) is 0 Å². The second-order valence-corrected chi connectivity index (χ2v) is 10.9. The van der Waals surface area contributed by atoms with Crippen LogP contribution in [-0.4, -0.2) is 44.5 Å². The molecule has 0 saturated carbocycles. The largest absolute Gasteiger partial charge is 0.480 e. The molecule has 0 amide bonds. The van der Waals surface area contributed by atoms with Crippen molar-refractivity contribution in [1.82, 2.24) is 4.90 Å². The normalized spacial score (nSPS) is 13.2. The van der Waals surface area contributed by atoms with Gasteiger partial charge in [0.15, 0.2) is 0 Å². The molecule has 0 aromatic heterocycles. The van der Waals surface area contributed by atoms with Gasteiger partial charge in [0.05, 0.1) is 6.54 Å². The monoisotopic (exact) mass is 357 g/mol. The van der Waals surface area contributed by atoms with Crippen molar-refractivity contribution in [2.75, 3.05) is 24.6 Å². The lowest BCUT2D eigenvalue weighted by Crippen LogP contribution is -2.43. The van der Waals surface area contributed by atoms with Crippen molar-refractivity contribution in [2.45, 2.75) is 38.6 Å². The van der Waals surface area contributed by atoms with Crippen LogP contribution < -0.4 is 0 Å². The molecule has 3 nitrogen and oxygen atoms in total. The van der Waals surface area contributed by atoms with E-state index in [9.17, 15) is 4.79 Å². The lowest BCUT2D eigenvalue weighted by atomic mass is 10.3. The van der Waals surface area contributed by atoms with Gasteiger partial charge in [-0.1, -0.05) is 34.6 Å². The van der Waals surface area contributed by atoms with Gasteiger partial charge in [0.1, 0.15) is 3.94 Å². The lowest BCUT2D eigenvalue weighted by molar-refractivity contribution is -0.138. The molecule has 0 aliphatic rings. The van der Waals surface area contributed by atoms with Crippen LogP contribution in [0, 0.1) is 11.8 Å². The van der Waals surface area contributed by atoms with Crippen molar-refractivity contribution >= 4 is 48.7 Å². The van der Waals surface area contributed by atoms with E-state index in [1.54, 1.807) is 0 Å². The topological polar surface area (TPSA) is 40.5 Å². The molecule has 0 heterocycles. The third-order valence-electron chi connectivity index (χ3n) is 2.54. The molecule has 0 bridgehead atoms. The fourth-order valence-electron chi connectivity index (χ4n) is 1.54. The van der Waals surface area contributed by atoms with Gasteiger partial charge in [0.2, 0.25) is 0 Å². The first-order chi connectivity index (χ1) is 9.27. The number of hydrogen-bond acceptors (Lipinski definition) is 5. The smallest absolute Gasteiger partial charge is 0.317 e. The van der Waals surface area contributed by atoms with E-state index in [1.807, 2.05) is 30.4 Å². The quantitative estimate of drug-likeness (QED) is 0.450. The Labute approximate surface area is 138 Å². The standard InChI is InChI=1S/C13H28NO2PS3/c1-6-14(7-12(15)16)13(17-18,19-8-10(2)3)20-9-11(4)5/h10-11H,6-9,17H2,1-5H3,(H,15,16). The molecule has 20 heavy (non-hydrogen) atoms. The second-order valence-electron chi connectivity index (χ2n) is 5.57. The molecule has 7 heteroatoms. The zero-order valence-electron chi connectivity index (χ0n) is 13.1. The molecule has 0 fully saturated rings. The van der Waals surface area contributed by atoms with Crippen molar-refractivity contribution in [2.24, 2.45) is 11.8 Å². The summed E-state index contributed by atoms with van der Waals surface area (Å²) in [6.07, 6.45) is 0.